The molecule has 0 atom stereocenters. The number of carbonyl (C=O) groups excluding carboxylic acids is 2. The van der Waals surface area contributed by atoms with Gasteiger partial charge < -0.3 is 14.0 Å². The van der Waals surface area contributed by atoms with E-state index in [4.69, 9.17) is 4.74 Å². The van der Waals surface area contributed by atoms with E-state index in [-0.39, 0.29) is 16.3 Å². The molecule has 0 aromatic heterocycles. The molecule has 2 rings (SSSR count). The van der Waals surface area contributed by atoms with Crippen molar-refractivity contribution in [3.05, 3.63) is 54.1 Å². The summed E-state index contributed by atoms with van der Waals surface area (Å²) < 4.78 is 122. The topological polar surface area (TPSA) is 110 Å². The number of hydrogen-bond donors (Lipinski definition) is 0. The molecular formula is C19H13F6O7S-. The van der Waals surface area contributed by atoms with Crippen molar-refractivity contribution in [1.82, 2.24) is 0 Å². The highest BCUT2D eigenvalue weighted by Gasteiger charge is 2.75. The van der Waals surface area contributed by atoms with Crippen LogP contribution in [0.4, 0.5) is 26.3 Å². The van der Waals surface area contributed by atoms with Gasteiger partial charge in [0.2, 0.25) is 0 Å². The zero-order valence-electron chi connectivity index (χ0n) is 16.4. The largest absolute Gasteiger partial charge is 0.748 e. The lowest BCUT2D eigenvalue weighted by Crippen LogP contribution is -2.63. The van der Waals surface area contributed by atoms with Crippen LogP contribution < -0.4 is 4.74 Å². The van der Waals surface area contributed by atoms with E-state index in [9.17, 15) is 48.9 Å². The van der Waals surface area contributed by atoms with Crippen LogP contribution in [-0.4, -0.2) is 48.6 Å². The molecule has 0 aliphatic carbocycles. The average molecular weight is 499 g/mol. The number of halogens is 6. The van der Waals surface area contributed by atoms with Gasteiger partial charge in [0.1, 0.15) is 5.56 Å². The highest BCUT2D eigenvalue weighted by Crippen LogP contribution is 2.47. The summed E-state index contributed by atoms with van der Waals surface area (Å²) in [6.45, 7) is 4.46. The Morgan fingerprint density at radius 1 is 1.00 bits per heavy atom. The minimum absolute atomic E-state index is 0.0670. The van der Waals surface area contributed by atoms with Crippen LogP contribution in [0.2, 0.25) is 0 Å². The van der Waals surface area contributed by atoms with E-state index in [2.05, 4.69) is 11.3 Å². The average Bonchev–Trinajstić information content (AvgIpc) is 2.64. The van der Waals surface area contributed by atoms with Crippen LogP contribution in [0.1, 0.15) is 17.3 Å². The Morgan fingerprint density at radius 2 is 1.55 bits per heavy atom. The van der Waals surface area contributed by atoms with E-state index in [0.29, 0.717) is 0 Å². The Balaban J connectivity index is 2.73. The van der Waals surface area contributed by atoms with Gasteiger partial charge in [-0.25, -0.2) is 18.0 Å². The highest BCUT2D eigenvalue weighted by molar-refractivity contribution is 7.85. The van der Waals surface area contributed by atoms with Gasteiger partial charge in [-0.1, -0.05) is 36.9 Å². The van der Waals surface area contributed by atoms with Gasteiger partial charge in [0.05, 0.1) is 15.9 Å². The maximum atomic E-state index is 13.4. The van der Waals surface area contributed by atoms with Gasteiger partial charge in [0, 0.05) is 11.0 Å². The fourth-order valence-electron chi connectivity index (χ4n) is 2.63. The fraction of sp³-hybridized carbons (Fsp3) is 0.263. The van der Waals surface area contributed by atoms with E-state index in [1.807, 2.05) is 0 Å². The number of esters is 2. The third-order valence-corrected chi connectivity index (χ3v) is 4.97. The Morgan fingerprint density at radius 3 is 2.03 bits per heavy atom. The maximum Gasteiger partial charge on any atom is 0.438 e. The van der Waals surface area contributed by atoms with Crippen LogP contribution in [0.3, 0.4) is 0 Å². The number of fused-ring (bicyclic) bond motifs is 1. The highest BCUT2D eigenvalue weighted by atomic mass is 32.2. The Kier molecular flexibility index (Phi) is 6.86. The number of carbonyl (C=O) groups is 2. The molecule has 2 aromatic rings. The first-order valence-corrected chi connectivity index (χ1v) is 10.2. The molecule has 0 fully saturated rings. The number of hydrogen-bond acceptors (Lipinski definition) is 7. The molecule has 0 spiro atoms. The molecule has 0 N–H and O–H groups in total. The van der Waals surface area contributed by atoms with Gasteiger partial charge in [0.15, 0.2) is 5.75 Å². The first kappa shape index (κ1) is 26.1. The molecule has 33 heavy (non-hydrogen) atoms. The Hall–Kier alpha value is -3.13. The van der Waals surface area contributed by atoms with E-state index >= 15 is 0 Å². The van der Waals surface area contributed by atoms with Crippen molar-refractivity contribution in [2.75, 3.05) is 5.75 Å². The summed E-state index contributed by atoms with van der Waals surface area (Å²) >= 11 is 0. The molecule has 2 aromatic carbocycles. The van der Waals surface area contributed by atoms with Crippen molar-refractivity contribution < 1.29 is 58.4 Å². The second-order valence-electron chi connectivity index (χ2n) is 6.75. The van der Waals surface area contributed by atoms with Crippen LogP contribution in [0.5, 0.6) is 5.75 Å². The minimum atomic E-state index is -6.55. The number of ether oxygens (including phenoxy) is 2. The first-order valence-electron chi connectivity index (χ1n) is 8.59. The van der Waals surface area contributed by atoms with Crippen molar-refractivity contribution >= 4 is 32.8 Å². The van der Waals surface area contributed by atoms with Crippen LogP contribution >= 0.6 is 0 Å². The van der Waals surface area contributed by atoms with E-state index in [0.717, 1.165) is 12.1 Å². The van der Waals surface area contributed by atoms with Crippen LogP contribution in [0, 0.1) is 0 Å². The van der Waals surface area contributed by atoms with Gasteiger partial charge in [-0.05, 0) is 18.4 Å². The van der Waals surface area contributed by atoms with Crippen molar-refractivity contribution in [3.63, 3.8) is 0 Å². The fourth-order valence-corrected chi connectivity index (χ4v) is 3.51. The molecule has 0 saturated carbocycles. The third-order valence-electron chi connectivity index (χ3n) is 4.21. The zero-order valence-corrected chi connectivity index (χ0v) is 17.2. The van der Waals surface area contributed by atoms with Crippen LogP contribution in [-0.2, 0) is 19.6 Å². The van der Waals surface area contributed by atoms with E-state index in [1.54, 1.807) is 0 Å². The van der Waals surface area contributed by atoms with Crippen molar-refractivity contribution in [2.24, 2.45) is 0 Å². The summed E-state index contributed by atoms with van der Waals surface area (Å²) in [6, 6.07) is 7.38. The molecule has 0 aliphatic rings. The summed E-state index contributed by atoms with van der Waals surface area (Å²) in [5.74, 6) is -7.42. The number of rotatable bonds is 6. The quantitative estimate of drug-likeness (QED) is 0.195. The molecule has 0 amide bonds. The summed E-state index contributed by atoms with van der Waals surface area (Å²) in [7, 11) is -6.22. The Labute approximate surface area is 182 Å². The molecule has 0 unspecified atom stereocenters. The predicted octanol–water partition coefficient (Wildman–Crippen LogP) is 3.89. The van der Waals surface area contributed by atoms with Gasteiger partial charge in [0.25, 0.3) is 0 Å². The van der Waals surface area contributed by atoms with Crippen LogP contribution in [0.15, 0.2) is 48.6 Å². The van der Waals surface area contributed by atoms with Crippen molar-refractivity contribution in [2.45, 2.75) is 24.9 Å². The van der Waals surface area contributed by atoms with Crippen LogP contribution in [0.25, 0.3) is 10.8 Å². The van der Waals surface area contributed by atoms with Gasteiger partial charge in [-0.3, -0.25) is 0 Å². The molecule has 7 nitrogen and oxygen atoms in total. The SMILES string of the molecule is C=C(C)C(=O)Oc1c(C(=O)OC(CS(=O)(=O)[O-])(C(F)(F)F)C(F)(F)F)ccc2ccccc12. The monoisotopic (exact) mass is 499 g/mol. The normalized spacial score (nSPS) is 13.0. The molecule has 0 aliphatic heterocycles. The summed E-state index contributed by atoms with van der Waals surface area (Å²) in [5.41, 5.74) is -6.97. The van der Waals surface area contributed by atoms with E-state index in [1.165, 1.54) is 31.2 Å². The molecule has 180 valence electrons. The number of benzene rings is 2. The molecule has 14 heteroatoms. The van der Waals surface area contributed by atoms with Crippen molar-refractivity contribution in [3.8, 4) is 5.75 Å². The van der Waals surface area contributed by atoms with Crippen molar-refractivity contribution in [1.29, 1.82) is 0 Å². The third kappa shape index (κ3) is 5.45. The zero-order chi connectivity index (χ0) is 25.4. The Bertz CT molecular complexity index is 1200. The van der Waals surface area contributed by atoms with E-state index < -0.39 is 57.1 Å². The maximum absolute atomic E-state index is 13.4. The second kappa shape index (κ2) is 8.67. The molecular weight excluding hydrogens is 486 g/mol. The summed E-state index contributed by atoms with van der Waals surface area (Å²) in [4.78, 5) is 24.5. The van der Waals surface area contributed by atoms with Gasteiger partial charge in [-0.15, -0.1) is 0 Å². The minimum Gasteiger partial charge on any atom is -0.748 e. The molecule has 0 radical (unpaired) electrons. The van der Waals surface area contributed by atoms with Gasteiger partial charge in [-0.2, -0.15) is 26.3 Å². The summed E-state index contributed by atoms with van der Waals surface area (Å²) in [6.07, 6.45) is -13.1. The molecule has 0 saturated heterocycles. The second-order valence-corrected chi connectivity index (χ2v) is 8.15. The molecule has 0 bridgehead atoms. The lowest BCUT2D eigenvalue weighted by Gasteiger charge is -2.37. The number of alkyl halides is 6. The summed E-state index contributed by atoms with van der Waals surface area (Å²) in [5, 5.41) is 0.209. The lowest BCUT2D eigenvalue weighted by atomic mass is 10.0. The standard InChI is InChI=1S/C19H14F6O7S/c1-10(2)15(26)31-14-12-6-4-3-5-11(12)7-8-13(14)16(27)32-17(18(20,21)22,19(23,24)25)9-33(28,29)30/h3-8H,1,9H2,2H3,(H,28,29,30)/p-1. The smallest absolute Gasteiger partial charge is 0.438 e. The molecule has 0 heterocycles. The lowest BCUT2D eigenvalue weighted by molar-refractivity contribution is -0.356. The predicted molar refractivity (Wildman–Crippen MR) is 99.2 cm³/mol. The van der Waals surface area contributed by atoms with Gasteiger partial charge >= 0.3 is 29.9 Å². The first-order chi connectivity index (χ1) is 14.9.